The summed E-state index contributed by atoms with van der Waals surface area (Å²) in [5, 5.41) is 15.4. The van der Waals surface area contributed by atoms with E-state index in [1.54, 1.807) is 0 Å². The standard InChI is InChI=1S/C19H30N6/c1-16-15-17(21-12-8-6-5-7-11-20-2)9-10-18(16)22-23-19-24(3)13-14-25(19)4/h9-10,13-15,20H,5-8,11-12H2,1-4H3/p+1. The van der Waals surface area contributed by atoms with Crippen molar-refractivity contribution in [2.24, 2.45) is 24.3 Å². The number of imidazole rings is 1. The molecule has 0 amide bonds. The molecule has 0 unspecified atom stereocenters. The first kappa shape index (κ1) is 19.1. The minimum absolute atomic E-state index is 0.819. The number of benzene rings is 1. The largest absolute Gasteiger partial charge is 0.421 e. The Bertz CT molecular complexity index is 670. The highest BCUT2D eigenvalue weighted by Crippen LogP contribution is 2.24. The zero-order valence-corrected chi connectivity index (χ0v) is 15.9. The van der Waals surface area contributed by atoms with Gasteiger partial charge in [0.05, 0.1) is 26.5 Å². The van der Waals surface area contributed by atoms with Gasteiger partial charge in [0.2, 0.25) is 0 Å². The smallest absolute Gasteiger partial charge is 0.385 e. The number of anilines is 1. The van der Waals surface area contributed by atoms with Crippen LogP contribution in [0.3, 0.4) is 0 Å². The molecule has 1 heterocycles. The third-order valence-corrected chi connectivity index (χ3v) is 4.27. The Morgan fingerprint density at radius 2 is 1.84 bits per heavy atom. The van der Waals surface area contributed by atoms with Crippen molar-refractivity contribution in [3.05, 3.63) is 36.2 Å². The molecular formula is C19H31N6+. The van der Waals surface area contributed by atoms with Crippen molar-refractivity contribution >= 4 is 17.3 Å². The summed E-state index contributed by atoms with van der Waals surface area (Å²) in [6.07, 6.45) is 8.95. The maximum Gasteiger partial charge on any atom is 0.421 e. The lowest BCUT2D eigenvalue weighted by molar-refractivity contribution is -0.657. The van der Waals surface area contributed by atoms with Gasteiger partial charge in [-0.25, -0.2) is 9.13 Å². The lowest BCUT2D eigenvalue weighted by Crippen LogP contribution is -2.25. The molecule has 0 saturated heterocycles. The second-order valence-electron chi connectivity index (χ2n) is 6.47. The summed E-state index contributed by atoms with van der Waals surface area (Å²) in [7, 11) is 5.94. The molecule has 6 heteroatoms. The van der Waals surface area contributed by atoms with Crippen LogP contribution < -0.4 is 15.2 Å². The summed E-state index contributed by atoms with van der Waals surface area (Å²) in [6, 6.07) is 6.24. The highest BCUT2D eigenvalue weighted by molar-refractivity contribution is 5.56. The molecule has 0 radical (unpaired) electrons. The van der Waals surface area contributed by atoms with Crippen LogP contribution in [0.15, 0.2) is 40.8 Å². The number of nitrogens with zero attached hydrogens (tertiary/aromatic N) is 4. The molecule has 0 fully saturated rings. The Morgan fingerprint density at radius 3 is 2.48 bits per heavy atom. The van der Waals surface area contributed by atoms with Crippen LogP contribution in [0.25, 0.3) is 0 Å². The first-order chi connectivity index (χ1) is 12.1. The molecular weight excluding hydrogens is 312 g/mol. The van der Waals surface area contributed by atoms with Crippen molar-refractivity contribution in [2.45, 2.75) is 32.6 Å². The maximum atomic E-state index is 4.40. The average molecular weight is 343 g/mol. The van der Waals surface area contributed by atoms with E-state index < -0.39 is 0 Å². The Hall–Kier alpha value is -2.21. The molecule has 0 spiro atoms. The maximum absolute atomic E-state index is 4.40. The Labute approximate surface area is 151 Å². The zero-order chi connectivity index (χ0) is 18.1. The number of aryl methyl sites for hydroxylation is 3. The molecule has 2 N–H and O–H groups in total. The molecule has 0 bridgehead atoms. The van der Waals surface area contributed by atoms with E-state index in [9.17, 15) is 0 Å². The summed E-state index contributed by atoms with van der Waals surface area (Å²) >= 11 is 0. The third-order valence-electron chi connectivity index (χ3n) is 4.27. The fourth-order valence-corrected chi connectivity index (χ4v) is 2.71. The van der Waals surface area contributed by atoms with E-state index in [-0.39, 0.29) is 0 Å². The van der Waals surface area contributed by atoms with Gasteiger partial charge >= 0.3 is 5.95 Å². The second-order valence-corrected chi connectivity index (χ2v) is 6.47. The van der Waals surface area contributed by atoms with E-state index in [0.717, 1.165) is 36.0 Å². The average Bonchev–Trinajstić information content (AvgIpc) is 2.92. The van der Waals surface area contributed by atoms with Crippen molar-refractivity contribution in [3.8, 4) is 0 Å². The van der Waals surface area contributed by atoms with Crippen molar-refractivity contribution < 1.29 is 4.57 Å². The van der Waals surface area contributed by atoms with Crippen LogP contribution >= 0.6 is 0 Å². The van der Waals surface area contributed by atoms with Gasteiger partial charge in [-0.1, -0.05) is 18.0 Å². The Morgan fingerprint density at radius 1 is 1.08 bits per heavy atom. The molecule has 0 aliphatic rings. The number of aromatic nitrogens is 2. The van der Waals surface area contributed by atoms with Crippen LogP contribution in [0.5, 0.6) is 0 Å². The molecule has 0 aliphatic carbocycles. The predicted molar refractivity (Wildman–Crippen MR) is 103 cm³/mol. The predicted octanol–water partition coefficient (Wildman–Crippen LogP) is 3.77. The molecule has 1 aromatic carbocycles. The first-order valence-electron chi connectivity index (χ1n) is 9.03. The third kappa shape index (κ3) is 5.98. The number of azo groups is 1. The monoisotopic (exact) mass is 343 g/mol. The van der Waals surface area contributed by atoms with Crippen LogP contribution in [0, 0.1) is 6.92 Å². The summed E-state index contributed by atoms with van der Waals surface area (Å²) in [6.45, 7) is 4.20. The fraction of sp³-hybridized carbons (Fsp3) is 0.526. The zero-order valence-electron chi connectivity index (χ0n) is 15.9. The van der Waals surface area contributed by atoms with Gasteiger partial charge in [-0.15, -0.1) is 0 Å². The SMILES string of the molecule is CNCCCCCCNc1ccc(N=Nc2n(C)cc[n+]2C)c(C)c1. The Balaban J connectivity index is 1.84. The van der Waals surface area contributed by atoms with Gasteiger partial charge in [0, 0.05) is 17.3 Å². The molecule has 136 valence electrons. The lowest BCUT2D eigenvalue weighted by atomic mass is 10.1. The molecule has 1 aromatic heterocycles. The highest BCUT2D eigenvalue weighted by Gasteiger charge is 2.10. The quantitative estimate of drug-likeness (QED) is 0.392. The molecule has 2 aromatic rings. The van der Waals surface area contributed by atoms with Crippen LogP contribution in [-0.2, 0) is 14.1 Å². The molecule has 2 rings (SSSR count). The number of unbranched alkanes of at least 4 members (excludes halogenated alkanes) is 3. The number of hydrogen-bond acceptors (Lipinski definition) is 4. The number of hydrogen-bond donors (Lipinski definition) is 2. The molecule has 0 saturated carbocycles. The van der Waals surface area contributed by atoms with Gasteiger partial charge < -0.3 is 10.6 Å². The van der Waals surface area contributed by atoms with Gasteiger partial charge in [-0.05, 0) is 57.1 Å². The second kappa shape index (κ2) is 9.93. The van der Waals surface area contributed by atoms with Crippen LogP contribution in [0.4, 0.5) is 17.3 Å². The minimum Gasteiger partial charge on any atom is -0.385 e. The van der Waals surface area contributed by atoms with Crippen molar-refractivity contribution in [1.82, 2.24) is 9.88 Å². The summed E-state index contributed by atoms with van der Waals surface area (Å²) < 4.78 is 3.90. The topological polar surface area (TPSA) is 57.6 Å². The van der Waals surface area contributed by atoms with Crippen LogP contribution in [0.1, 0.15) is 31.2 Å². The molecule has 0 atom stereocenters. The Kier molecular flexibility index (Phi) is 7.60. The minimum atomic E-state index is 0.819. The lowest BCUT2D eigenvalue weighted by Gasteiger charge is -2.08. The number of nitrogens with one attached hydrogen (secondary N) is 2. The number of rotatable bonds is 10. The van der Waals surface area contributed by atoms with Gasteiger partial charge in [-0.2, -0.15) is 0 Å². The van der Waals surface area contributed by atoms with E-state index in [2.05, 4.69) is 39.9 Å². The van der Waals surface area contributed by atoms with E-state index in [0.29, 0.717) is 0 Å². The molecule has 6 nitrogen and oxygen atoms in total. The summed E-state index contributed by atoms with van der Waals surface area (Å²) in [4.78, 5) is 0. The molecule has 25 heavy (non-hydrogen) atoms. The van der Waals surface area contributed by atoms with Crippen LogP contribution in [0.2, 0.25) is 0 Å². The normalized spacial score (nSPS) is 11.4. The van der Waals surface area contributed by atoms with Crippen LogP contribution in [-0.4, -0.2) is 24.7 Å². The fourth-order valence-electron chi connectivity index (χ4n) is 2.71. The van der Waals surface area contributed by atoms with Crippen molar-refractivity contribution in [3.63, 3.8) is 0 Å². The van der Waals surface area contributed by atoms with Gasteiger partial charge in [0.1, 0.15) is 5.69 Å². The molecule has 0 aliphatic heterocycles. The van der Waals surface area contributed by atoms with Gasteiger partial charge in [0.15, 0.2) is 0 Å². The van der Waals surface area contributed by atoms with Gasteiger partial charge in [-0.3, -0.25) is 0 Å². The van der Waals surface area contributed by atoms with Crippen molar-refractivity contribution in [2.75, 3.05) is 25.5 Å². The summed E-state index contributed by atoms with van der Waals surface area (Å²) in [5.74, 6) is 0.819. The van der Waals surface area contributed by atoms with E-state index >= 15 is 0 Å². The van der Waals surface area contributed by atoms with E-state index in [1.165, 1.54) is 25.7 Å². The first-order valence-corrected chi connectivity index (χ1v) is 9.03. The van der Waals surface area contributed by atoms with E-state index in [1.807, 2.05) is 48.7 Å². The highest BCUT2D eigenvalue weighted by atomic mass is 15.3. The van der Waals surface area contributed by atoms with E-state index in [4.69, 9.17) is 0 Å². The van der Waals surface area contributed by atoms with Gasteiger partial charge in [0.25, 0.3) is 0 Å². The summed E-state index contributed by atoms with van der Waals surface area (Å²) in [5.41, 5.74) is 3.18. The van der Waals surface area contributed by atoms with Crippen molar-refractivity contribution in [1.29, 1.82) is 0 Å².